The van der Waals surface area contributed by atoms with E-state index < -0.39 is 17.9 Å². The summed E-state index contributed by atoms with van der Waals surface area (Å²) in [5.41, 5.74) is 5.46. The molecule has 0 spiro atoms. The summed E-state index contributed by atoms with van der Waals surface area (Å²) in [5.74, 6) is 0.0972. The molecule has 0 saturated heterocycles. The maximum atomic E-state index is 13.2. The molecule has 10 nitrogen and oxygen atoms in total. The highest BCUT2D eigenvalue weighted by Crippen LogP contribution is 2.35. The summed E-state index contributed by atoms with van der Waals surface area (Å²) in [6, 6.07) is 16.0. The maximum absolute atomic E-state index is 13.2. The number of para-hydroxylation sites is 1. The molecular formula is C31H30FIN4O6S. The van der Waals surface area contributed by atoms with E-state index in [1.165, 1.54) is 25.5 Å². The van der Waals surface area contributed by atoms with E-state index in [4.69, 9.17) is 31.2 Å². The first-order valence-corrected chi connectivity index (χ1v) is 14.9. The van der Waals surface area contributed by atoms with E-state index in [0.29, 0.717) is 44.8 Å². The number of ether oxygens (including phenoxy) is 4. The molecule has 1 amide bonds. The van der Waals surface area contributed by atoms with Crippen LogP contribution in [0.2, 0.25) is 0 Å². The number of nitrogens with one attached hydrogen (secondary N) is 3. The number of carbonyl (C=O) groups excluding carboxylic acids is 2. The van der Waals surface area contributed by atoms with Gasteiger partial charge in [0.05, 0.1) is 35.1 Å². The van der Waals surface area contributed by atoms with E-state index in [2.05, 4.69) is 43.8 Å². The van der Waals surface area contributed by atoms with Gasteiger partial charge in [-0.1, -0.05) is 30.3 Å². The highest BCUT2D eigenvalue weighted by Gasteiger charge is 2.32. The van der Waals surface area contributed by atoms with Crippen molar-refractivity contribution >= 4 is 58.0 Å². The van der Waals surface area contributed by atoms with Gasteiger partial charge in [-0.05, 0) is 90.1 Å². The normalized spacial score (nSPS) is 14.5. The number of nitrogens with zero attached hydrogens (tertiary/aromatic N) is 1. The topological polar surface area (TPSA) is 120 Å². The third-order valence-corrected chi connectivity index (χ3v) is 7.33. The SMILES string of the molecule is CCOC(=O)C1=C(C)NC(=S)N[C@@H]1c1ccccc1OCC(=O)NN=Cc1cc(I)c(OCc2ccc(F)cc2)c(OC)c1. The lowest BCUT2D eigenvalue weighted by molar-refractivity contribution is -0.139. The highest BCUT2D eigenvalue weighted by molar-refractivity contribution is 14.1. The Morgan fingerprint density at radius 2 is 1.86 bits per heavy atom. The van der Waals surface area contributed by atoms with E-state index in [9.17, 15) is 14.0 Å². The van der Waals surface area contributed by atoms with Crippen molar-refractivity contribution in [1.82, 2.24) is 16.1 Å². The number of esters is 1. The molecule has 1 atom stereocenters. The summed E-state index contributed by atoms with van der Waals surface area (Å²) in [6.45, 7) is 3.59. The van der Waals surface area contributed by atoms with Gasteiger partial charge < -0.3 is 29.6 Å². The van der Waals surface area contributed by atoms with E-state index in [-0.39, 0.29) is 25.6 Å². The standard InChI is InChI=1S/C31H30FIN4O6S/c1-4-41-30(39)27-18(2)35-31(44)36-28(27)22-7-5-6-8-24(22)42-17-26(38)37-34-15-20-13-23(33)29(25(14-20)40-3)43-16-19-9-11-21(32)12-10-19/h5-15,28H,4,16-17H2,1-3H3,(H,37,38)(H2,35,36,44)/t28-/m1/s1. The molecule has 0 saturated carbocycles. The smallest absolute Gasteiger partial charge is 0.338 e. The van der Waals surface area contributed by atoms with Crippen LogP contribution < -0.4 is 30.3 Å². The molecule has 1 aliphatic heterocycles. The number of halogens is 2. The maximum Gasteiger partial charge on any atom is 0.338 e. The van der Waals surface area contributed by atoms with Crippen LogP contribution in [0.5, 0.6) is 17.2 Å². The number of hydrogen-bond acceptors (Lipinski definition) is 8. The van der Waals surface area contributed by atoms with Crippen LogP contribution in [-0.2, 0) is 20.9 Å². The van der Waals surface area contributed by atoms with Gasteiger partial charge in [0.2, 0.25) is 0 Å². The Kier molecular flexibility index (Phi) is 11.5. The Morgan fingerprint density at radius 3 is 2.59 bits per heavy atom. The summed E-state index contributed by atoms with van der Waals surface area (Å²) < 4.78 is 36.4. The number of thiocarbonyl (C=S) groups is 1. The molecule has 13 heteroatoms. The molecule has 4 rings (SSSR count). The Balaban J connectivity index is 1.39. The summed E-state index contributed by atoms with van der Waals surface area (Å²) >= 11 is 7.43. The molecule has 0 bridgehead atoms. The fraction of sp³-hybridized carbons (Fsp3) is 0.226. The van der Waals surface area contributed by atoms with Crippen molar-refractivity contribution < 1.29 is 32.9 Å². The monoisotopic (exact) mass is 732 g/mol. The lowest BCUT2D eigenvalue weighted by Crippen LogP contribution is -2.45. The van der Waals surface area contributed by atoms with Gasteiger partial charge in [-0.3, -0.25) is 4.79 Å². The first-order valence-electron chi connectivity index (χ1n) is 13.4. The number of amides is 1. The van der Waals surface area contributed by atoms with E-state index >= 15 is 0 Å². The molecule has 1 aliphatic rings. The fourth-order valence-electron chi connectivity index (χ4n) is 4.30. The zero-order chi connectivity index (χ0) is 31.6. The van der Waals surface area contributed by atoms with Gasteiger partial charge in [0, 0.05) is 11.3 Å². The Bertz CT molecular complexity index is 1600. The van der Waals surface area contributed by atoms with Gasteiger partial charge in [-0.15, -0.1) is 0 Å². The summed E-state index contributed by atoms with van der Waals surface area (Å²) in [7, 11) is 1.52. The Morgan fingerprint density at radius 1 is 1.11 bits per heavy atom. The third kappa shape index (κ3) is 8.44. The largest absolute Gasteiger partial charge is 0.493 e. The number of allylic oxidation sites excluding steroid dienone is 1. The molecule has 1 heterocycles. The van der Waals surface area contributed by atoms with Gasteiger partial charge in [-0.25, -0.2) is 14.6 Å². The van der Waals surface area contributed by atoms with Crippen molar-refractivity contribution in [1.29, 1.82) is 0 Å². The number of hydrogen-bond donors (Lipinski definition) is 3. The van der Waals surface area contributed by atoms with Gasteiger partial charge in [-0.2, -0.15) is 5.10 Å². The minimum atomic E-state index is -0.639. The number of methoxy groups -OCH3 is 1. The van der Waals surface area contributed by atoms with Crippen molar-refractivity contribution in [2.75, 3.05) is 20.3 Å². The summed E-state index contributed by atoms with van der Waals surface area (Å²) in [5, 5.41) is 10.4. The minimum Gasteiger partial charge on any atom is -0.493 e. The molecule has 0 unspecified atom stereocenters. The number of hydrazone groups is 1. The highest BCUT2D eigenvalue weighted by atomic mass is 127. The van der Waals surface area contributed by atoms with Crippen LogP contribution in [0.3, 0.4) is 0 Å². The second-order valence-electron chi connectivity index (χ2n) is 9.36. The summed E-state index contributed by atoms with van der Waals surface area (Å²) in [6.07, 6.45) is 1.47. The van der Waals surface area contributed by atoms with Crippen molar-refractivity contribution in [2.24, 2.45) is 5.10 Å². The molecule has 230 valence electrons. The molecule has 3 aromatic rings. The van der Waals surface area contributed by atoms with Crippen molar-refractivity contribution in [3.63, 3.8) is 0 Å². The van der Waals surface area contributed by atoms with Crippen LogP contribution in [0, 0.1) is 9.39 Å². The zero-order valence-corrected chi connectivity index (χ0v) is 27.1. The minimum absolute atomic E-state index is 0.215. The van der Waals surface area contributed by atoms with Crippen molar-refractivity contribution in [3.8, 4) is 17.2 Å². The molecule has 0 radical (unpaired) electrons. The summed E-state index contributed by atoms with van der Waals surface area (Å²) in [4.78, 5) is 25.3. The second-order valence-corrected chi connectivity index (χ2v) is 10.9. The van der Waals surface area contributed by atoms with E-state index in [1.54, 1.807) is 56.3 Å². The van der Waals surface area contributed by atoms with Crippen molar-refractivity contribution in [2.45, 2.75) is 26.5 Å². The first-order chi connectivity index (χ1) is 21.2. The predicted octanol–water partition coefficient (Wildman–Crippen LogP) is 4.90. The molecule has 3 aromatic carbocycles. The molecular weight excluding hydrogens is 702 g/mol. The predicted molar refractivity (Wildman–Crippen MR) is 175 cm³/mol. The Hall–Kier alpha value is -4.24. The van der Waals surface area contributed by atoms with Gasteiger partial charge in [0.15, 0.2) is 23.2 Å². The fourth-order valence-corrected chi connectivity index (χ4v) is 5.35. The van der Waals surface area contributed by atoms with E-state index in [1.807, 2.05) is 6.07 Å². The van der Waals surface area contributed by atoms with Crippen LogP contribution in [0.4, 0.5) is 4.39 Å². The molecule has 44 heavy (non-hydrogen) atoms. The van der Waals surface area contributed by atoms with Crippen molar-refractivity contribution in [3.05, 3.63) is 98.0 Å². The average Bonchev–Trinajstić information content (AvgIpc) is 3.00. The first kappa shape index (κ1) is 32.7. The third-order valence-electron chi connectivity index (χ3n) is 6.30. The zero-order valence-electron chi connectivity index (χ0n) is 24.1. The average molecular weight is 733 g/mol. The number of carbonyl (C=O) groups is 2. The molecule has 0 aliphatic carbocycles. The van der Waals surface area contributed by atoms with Gasteiger partial charge in [0.1, 0.15) is 18.2 Å². The van der Waals surface area contributed by atoms with Gasteiger partial charge in [0.25, 0.3) is 5.91 Å². The van der Waals surface area contributed by atoms with Crippen LogP contribution in [-0.4, -0.2) is 43.5 Å². The quantitative estimate of drug-likeness (QED) is 0.0786. The lowest BCUT2D eigenvalue weighted by atomic mass is 9.95. The number of rotatable bonds is 12. The molecule has 3 N–H and O–H groups in total. The van der Waals surface area contributed by atoms with E-state index in [0.717, 1.165) is 9.13 Å². The number of benzene rings is 3. The second kappa shape index (κ2) is 15.5. The van der Waals surface area contributed by atoms with Gasteiger partial charge >= 0.3 is 5.97 Å². The van der Waals surface area contributed by atoms with Crippen LogP contribution in [0.25, 0.3) is 0 Å². The van der Waals surface area contributed by atoms with Crippen LogP contribution in [0.15, 0.2) is 77.0 Å². The molecule has 0 aromatic heterocycles. The molecule has 0 fully saturated rings. The Labute approximate surface area is 273 Å². The van der Waals surface area contributed by atoms with Crippen LogP contribution in [0.1, 0.15) is 36.6 Å². The lowest BCUT2D eigenvalue weighted by Gasteiger charge is -2.30. The van der Waals surface area contributed by atoms with Crippen LogP contribution >= 0.6 is 34.8 Å².